The van der Waals surface area contributed by atoms with Crippen molar-refractivity contribution in [2.75, 3.05) is 0 Å². The van der Waals surface area contributed by atoms with Crippen LogP contribution in [0.2, 0.25) is 0 Å². The lowest BCUT2D eigenvalue weighted by Gasteiger charge is -2.09. The van der Waals surface area contributed by atoms with E-state index in [4.69, 9.17) is 0 Å². The van der Waals surface area contributed by atoms with E-state index in [1.54, 1.807) is 24.5 Å². The summed E-state index contributed by atoms with van der Waals surface area (Å²) in [6, 6.07) is 13.5. The molecule has 7 nitrogen and oxygen atoms in total. The van der Waals surface area contributed by atoms with E-state index in [2.05, 4.69) is 41.3 Å². The first-order chi connectivity index (χ1) is 14.0. The molecule has 3 aromatic rings. The van der Waals surface area contributed by atoms with E-state index in [0.29, 0.717) is 0 Å². The van der Waals surface area contributed by atoms with Crippen LogP contribution in [0.1, 0.15) is 22.5 Å². The van der Waals surface area contributed by atoms with Gasteiger partial charge in [0.2, 0.25) is 0 Å². The third-order valence-corrected chi connectivity index (χ3v) is 4.81. The maximum Gasteiger partial charge on any atom is 0.329 e. The number of carbonyl (C=O) groups is 2. The Balaban J connectivity index is 1.62. The Morgan fingerprint density at radius 2 is 1.90 bits per heavy atom. The second kappa shape index (κ2) is 9.29. The highest BCUT2D eigenvalue weighted by Gasteiger charge is 2.13. The number of carbonyl (C=O) groups excluding carboxylic acids is 2. The number of pyridine rings is 1. The molecule has 2 heterocycles. The van der Waals surface area contributed by atoms with Crippen LogP contribution in [0.25, 0.3) is 5.69 Å². The number of amides is 2. The average Bonchev–Trinajstić information content (AvgIpc) is 3.00. The SMILES string of the molecule is Cc1cc(/C=N\NC(=O)C(=O)NCc2ccncc2)c(C)n1-c1cccc(Br)c1. The van der Waals surface area contributed by atoms with Crippen LogP contribution in [0.5, 0.6) is 0 Å². The molecule has 2 amide bonds. The van der Waals surface area contributed by atoms with Gasteiger partial charge in [-0.1, -0.05) is 22.0 Å². The van der Waals surface area contributed by atoms with Crippen molar-refractivity contribution < 1.29 is 9.59 Å². The molecule has 29 heavy (non-hydrogen) atoms. The van der Waals surface area contributed by atoms with Gasteiger partial charge in [0, 0.05) is 46.0 Å². The molecule has 2 aromatic heterocycles. The van der Waals surface area contributed by atoms with Crippen LogP contribution in [0.15, 0.2) is 64.4 Å². The van der Waals surface area contributed by atoms with Crippen LogP contribution >= 0.6 is 15.9 Å². The summed E-state index contributed by atoms with van der Waals surface area (Å²) < 4.78 is 3.08. The van der Waals surface area contributed by atoms with Gasteiger partial charge in [-0.05, 0) is 55.8 Å². The Kier molecular flexibility index (Phi) is 6.56. The monoisotopic (exact) mass is 453 g/mol. The topological polar surface area (TPSA) is 88.4 Å². The van der Waals surface area contributed by atoms with E-state index >= 15 is 0 Å². The van der Waals surface area contributed by atoms with Gasteiger partial charge in [0.05, 0.1) is 6.21 Å². The second-order valence-electron chi connectivity index (χ2n) is 6.38. The third kappa shape index (κ3) is 5.17. The Hall–Kier alpha value is -3.26. The van der Waals surface area contributed by atoms with Crippen molar-refractivity contribution in [3.63, 3.8) is 0 Å². The first kappa shape index (κ1) is 20.5. The molecule has 0 aliphatic rings. The van der Waals surface area contributed by atoms with E-state index in [1.807, 2.05) is 44.2 Å². The summed E-state index contributed by atoms with van der Waals surface area (Å²) >= 11 is 3.49. The van der Waals surface area contributed by atoms with Crippen LogP contribution in [0.3, 0.4) is 0 Å². The first-order valence-corrected chi connectivity index (χ1v) is 9.70. The maximum absolute atomic E-state index is 11.9. The van der Waals surface area contributed by atoms with Crippen molar-refractivity contribution in [3.8, 4) is 5.69 Å². The molecule has 148 valence electrons. The number of halogens is 1. The van der Waals surface area contributed by atoms with Gasteiger partial charge in [0.1, 0.15) is 0 Å². The van der Waals surface area contributed by atoms with Crippen molar-refractivity contribution in [2.45, 2.75) is 20.4 Å². The van der Waals surface area contributed by atoms with Crippen LogP contribution in [-0.4, -0.2) is 27.6 Å². The van der Waals surface area contributed by atoms with Crippen molar-refractivity contribution in [3.05, 3.63) is 81.8 Å². The Bertz CT molecular complexity index is 1060. The second-order valence-corrected chi connectivity index (χ2v) is 7.29. The smallest absolute Gasteiger partial charge is 0.329 e. The summed E-state index contributed by atoms with van der Waals surface area (Å²) in [5, 5.41) is 6.46. The summed E-state index contributed by atoms with van der Waals surface area (Å²) in [5.41, 5.74) is 6.99. The zero-order valence-corrected chi connectivity index (χ0v) is 17.6. The minimum atomic E-state index is -0.823. The molecule has 0 aliphatic heterocycles. The lowest BCUT2D eigenvalue weighted by molar-refractivity contribution is -0.139. The highest BCUT2D eigenvalue weighted by atomic mass is 79.9. The minimum absolute atomic E-state index is 0.242. The quantitative estimate of drug-likeness (QED) is 0.353. The summed E-state index contributed by atoms with van der Waals surface area (Å²) in [7, 11) is 0. The lowest BCUT2D eigenvalue weighted by Crippen LogP contribution is -2.37. The standard InChI is InChI=1S/C21H20BrN5O2/c1-14-10-17(15(2)27(14)19-5-3-4-18(22)11-19)13-25-26-21(29)20(28)24-12-16-6-8-23-9-7-16/h3-11,13H,12H2,1-2H3,(H,24,28)(H,26,29)/b25-13-. The van der Waals surface area contributed by atoms with Crippen LogP contribution in [0, 0.1) is 13.8 Å². The molecule has 0 saturated heterocycles. The fourth-order valence-corrected chi connectivity index (χ4v) is 3.29. The fraction of sp³-hybridized carbons (Fsp3) is 0.143. The van der Waals surface area contributed by atoms with E-state index in [9.17, 15) is 9.59 Å². The largest absolute Gasteiger partial charge is 0.344 e. The molecule has 8 heteroatoms. The molecule has 3 rings (SSSR count). The summed E-state index contributed by atoms with van der Waals surface area (Å²) in [6.07, 6.45) is 4.78. The van der Waals surface area contributed by atoms with Gasteiger partial charge >= 0.3 is 11.8 Å². The number of hydrogen-bond acceptors (Lipinski definition) is 4. The number of aryl methyl sites for hydroxylation is 1. The molecule has 0 aliphatic carbocycles. The molecule has 0 spiro atoms. The van der Waals surface area contributed by atoms with Gasteiger partial charge in [-0.2, -0.15) is 5.10 Å². The predicted molar refractivity (Wildman–Crippen MR) is 115 cm³/mol. The fourth-order valence-electron chi connectivity index (χ4n) is 2.91. The number of nitrogens with zero attached hydrogens (tertiary/aromatic N) is 3. The van der Waals surface area contributed by atoms with Crippen LogP contribution < -0.4 is 10.7 Å². The predicted octanol–water partition coefficient (Wildman–Crippen LogP) is 3.02. The molecule has 0 unspecified atom stereocenters. The molecule has 0 atom stereocenters. The number of hydrazone groups is 1. The van der Waals surface area contributed by atoms with Crippen LogP contribution in [-0.2, 0) is 16.1 Å². The van der Waals surface area contributed by atoms with Gasteiger partial charge in [-0.3, -0.25) is 14.6 Å². The van der Waals surface area contributed by atoms with Gasteiger partial charge in [0.25, 0.3) is 0 Å². The number of nitrogens with one attached hydrogen (secondary N) is 2. The maximum atomic E-state index is 11.9. The van der Waals surface area contributed by atoms with Crippen LogP contribution in [0.4, 0.5) is 0 Å². The Labute approximate surface area is 177 Å². The molecule has 1 aromatic carbocycles. The molecule has 0 bridgehead atoms. The normalized spacial score (nSPS) is 10.9. The number of hydrogen-bond donors (Lipinski definition) is 2. The zero-order chi connectivity index (χ0) is 20.8. The van der Waals surface area contributed by atoms with Crippen molar-refractivity contribution in [1.82, 2.24) is 20.3 Å². The minimum Gasteiger partial charge on any atom is -0.344 e. The summed E-state index contributed by atoms with van der Waals surface area (Å²) in [4.78, 5) is 27.7. The van der Waals surface area contributed by atoms with E-state index in [0.717, 1.165) is 32.7 Å². The summed E-state index contributed by atoms with van der Waals surface area (Å²) in [5.74, 6) is -1.57. The molecule has 2 N–H and O–H groups in total. The Morgan fingerprint density at radius 1 is 1.14 bits per heavy atom. The van der Waals surface area contributed by atoms with Crippen molar-refractivity contribution >= 4 is 34.0 Å². The number of rotatable bonds is 5. The van der Waals surface area contributed by atoms with Gasteiger partial charge in [0.15, 0.2) is 0 Å². The first-order valence-electron chi connectivity index (χ1n) is 8.90. The molecule has 0 saturated carbocycles. The lowest BCUT2D eigenvalue weighted by atomic mass is 10.2. The highest BCUT2D eigenvalue weighted by molar-refractivity contribution is 9.10. The summed E-state index contributed by atoms with van der Waals surface area (Å²) in [6.45, 7) is 4.21. The molecule has 0 fully saturated rings. The van der Waals surface area contributed by atoms with Gasteiger partial charge in [-0.25, -0.2) is 5.43 Å². The third-order valence-electron chi connectivity index (χ3n) is 4.32. The molecular weight excluding hydrogens is 434 g/mol. The van der Waals surface area contributed by atoms with E-state index < -0.39 is 11.8 Å². The van der Waals surface area contributed by atoms with E-state index in [-0.39, 0.29) is 6.54 Å². The van der Waals surface area contributed by atoms with Crippen molar-refractivity contribution in [1.29, 1.82) is 0 Å². The number of aromatic nitrogens is 2. The number of benzene rings is 1. The average molecular weight is 454 g/mol. The molecular formula is C21H20BrN5O2. The van der Waals surface area contributed by atoms with Crippen molar-refractivity contribution in [2.24, 2.45) is 5.10 Å². The molecule has 0 radical (unpaired) electrons. The highest BCUT2D eigenvalue weighted by Crippen LogP contribution is 2.22. The zero-order valence-electron chi connectivity index (χ0n) is 16.0. The Morgan fingerprint density at radius 3 is 2.62 bits per heavy atom. The van der Waals surface area contributed by atoms with Gasteiger partial charge in [-0.15, -0.1) is 0 Å². The van der Waals surface area contributed by atoms with E-state index in [1.165, 1.54) is 6.21 Å². The van der Waals surface area contributed by atoms with Gasteiger partial charge < -0.3 is 9.88 Å².